The molecule has 0 fully saturated rings. The summed E-state index contributed by atoms with van der Waals surface area (Å²) in [5, 5.41) is 16.9. The van der Waals surface area contributed by atoms with Crippen LogP contribution in [0.25, 0.3) is 5.69 Å². The minimum atomic E-state index is -0.141. The smallest absolute Gasteiger partial charge is 0.254 e. The number of hydrogen-bond donors (Lipinski definition) is 1. The van der Waals surface area contributed by atoms with E-state index in [1.165, 1.54) is 0 Å². The van der Waals surface area contributed by atoms with Gasteiger partial charge in [0.15, 0.2) is 0 Å². The zero-order valence-corrected chi connectivity index (χ0v) is 13.0. The van der Waals surface area contributed by atoms with Crippen molar-refractivity contribution in [1.82, 2.24) is 24.9 Å². The highest BCUT2D eigenvalue weighted by Gasteiger charge is 2.16. The number of nitrogens with zero attached hydrogens (tertiary/aromatic N) is 5. The number of aromatic nitrogens is 4. The number of hydrogen-bond acceptors (Lipinski definition) is 5. The van der Waals surface area contributed by atoms with Crippen molar-refractivity contribution >= 4 is 5.91 Å². The van der Waals surface area contributed by atoms with Crippen LogP contribution < -0.4 is 0 Å². The van der Waals surface area contributed by atoms with E-state index in [-0.39, 0.29) is 19.1 Å². The van der Waals surface area contributed by atoms with E-state index in [0.29, 0.717) is 12.1 Å². The molecule has 0 aliphatic heterocycles. The van der Waals surface area contributed by atoms with E-state index in [9.17, 15) is 9.90 Å². The van der Waals surface area contributed by atoms with Crippen LogP contribution in [0.5, 0.6) is 0 Å². The molecule has 7 nitrogen and oxygen atoms in total. The Morgan fingerprint density at radius 3 is 2.62 bits per heavy atom. The molecule has 2 aromatic heterocycles. The predicted octanol–water partition coefficient (Wildman–Crippen LogP) is 1.30. The number of carbonyl (C=O) groups excluding carboxylic acids is 1. The molecule has 0 saturated carbocycles. The number of amides is 1. The van der Waals surface area contributed by atoms with Crippen molar-refractivity contribution in [1.29, 1.82) is 0 Å². The van der Waals surface area contributed by atoms with E-state index >= 15 is 0 Å². The van der Waals surface area contributed by atoms with Gasteiger partial charge in [-0.15, -0.1) is 5.10 Å². The summed E-state index contributed by atoms with van der Waals surface area (Å²) in [6, 6.07) is 10.8. The van der Waals surface area contributed by atoms with Crippen molar-refractivity contribution in [2.24, 2.45) is 0 Å². The summed E-state index contributed by atoms with van der Waals surface area (Å²) >= 11 is 0. The molecule has 122 valence electrons. The summed E-state index contributed by atoms with van der Waals surface area (Å²) in [5.74, 6) is -0.141. The van der Waals surface area contributed by atoms with Crippen LogP contribution in [0.2, 0.25) is 0 Å². The number of aliphatic hydroxyl groups excluding tert-OH is 1. The summed E-state index contributed by atoms with van der Waals surface area (Å²) in [4.78, 5) is 18.3. The fourth-order valence-electron chi connectivity index (χ4n) is 2.37. The Balaban J connectivity index is 1.77. The van der Waals surface area contributed by atoms with E-state index in [1.54, 1.807) is 46.5 Å². The van der Waals surface area contributed by atoms with Gasteiger partial charge < -0.3 is 10.0 Å². The maximum atomic E-state index is 12.7. The maximum Gasteiger partial charge on any atom is 0.254 e. The standard InChI is InChI=1S/C17H17N5O2/c23-11-10-21(13-14-2-1-7-18-12-14)17(24)15-3-5-16(6-4-15)22-9-8-19-20-22/h1-9,12,23H,10-11,13H2. The summed E-state index contributed by atoms with van der Waals surface area (Å²) in [5.41, 5.74) is 2.29. The Hall–Kier alpha value is -3.06. The van der Waals surface area contributed by atoms with Gasteiger partial charge in [0.1, 0.15) is 0 Å². The molecule has 0 aliphatic carbocycles. The third-order valence-electron chi connectivity index (χ3n) is 3.55. The maximum absolute atomic E-state index is 12.7. The van der Waals surface area contributed by atoms with E-state index in [2.05, 4.69) is 15.3 Å². The average molecular weight is 323 g/mol. The number of pyridine rings is 1. The van der Waals surface area contributed by atoms with Crippen molar-refractivity contribution < 1.29 is 9.90 Å². The molecular formula is C17H17N5O2. The molecule has 0 bridgehead atoms. The van der Waals surface area contributed by atoms with Crippen LogP contribution in [0.1, 0.15) is 15.9 Å². The van der Waals surface area contributed by atoms with Crippen molar-refractivity contribution in [3.8, 4) is 5.69 Å². The molecule has 0 radical (unpaired) electrons. The van der Waals surface area contributed by atoms with Crippen molar-refractivity contribution in [3.63, 3.8) is 0 Å². The zero-order chi connectivity index (χ0) is 16.8. The highest BCUT2D eigenvalue weighted by molar-refractivity contribution is 5.94. The molecular weight excluding hydrogens is 306 g/mol. The average Bonchev–Trinajstić information content (AvgIpc) is 3.16. The second-order valence-electron chi connectivity index (χ2n) is 5.21. The van der Waals surface area contributed by atoms with Gasteiger partial charge in [-0.2, -0.15) is 0 Å². The number of benzene rings is 1. The van der Waals surface area contributed by atoms with Crippen LogP contribution in [-0.4, -0.2) is 49.0 Å². The number of carbonyl (C=O) groups is 1. The predicted molar refractivity (Wildman–Crippen MR) is 87.4 cm³/mol. The third-order valence-corrected chi connectivity index (χ3v) is 3.55. The molecule has 3 rings (SSSR count). The molecule has 2 heterocycles. The first-order valence-corrected chi connectivity index (χ1v) is 7.54. The summed E-state index contributed by atoms with van der Waals surface area (Å²) in [7, 11) is 0. The first-order valence-electron chi connectivity index (χ1n) is 7.54. The SMILES string of the molecule is O=C(c1ccc(-n2ccnn2)cc1)N(CCO)Cc1cccnc1. The van der Waals surface area contributed by atoms with Gasteiger partial charge in [-0.25, -0.2) is 4.68 Å². The van der Waals surface area contributed by atoms with Crippen LogP contribution in [0, 0.1) is 0 Å². The molecule has 7 heteroatoms. The van der Waals surface area contributed by atoms with Crippen LogP contribution in [-0.2, 0) is 6.54 Å². The number of rotatable bonds is 6. The zero-order valence-electron chi connectivity index (χ0n) is 13.0. The van der Waals surface area contributed by atoms with E-state index in [4.69, 9.17) is 0 Å². The Kier molecular flexibility index (Phi) is 4.93. The van der Waals surface area contributed by atoms with Crippen molar-refractivity contribution in [2.45, 2.75) is 6.54 Å². The topological polar surface area (TPSA) is 84.1 Å². The molecule has 1 amide bonds. The van der Waals surface area contributed by atoms with Crippen LogP contribution >= 0.6 is 0 Å². The lowest BCUT2D eigenvalue weighted by Gasteiger charge is -2.22. The number of aliphatic hydroxyl groups is 1. The minimum absolute atomic E-state index is 0.0942. The summed E-state index contributed by atoms with van der Waals surface area (Å²) in [6.07, 6.45) is 6.73. The summed E-state index contributed by atoms with van der Waals surface area (Å²) < 4.78 is 1.62. The van der Waals surface area contributed by atoms with E-state index in [1.807, 2.05) is 24.3 Å². The highest BCUT2D eigenvalue weighted by Crippen LogP contribution is 2.12. The second kappa shape index (κ2) is 7.47. The van der Waals surface area contributed by atoms with Crippen molar-refractivity contribution in [3.05, 3.63) is 72.3 Å². The molecule has 1 aromatic carbocycles. The van der Waals surface area contributed by atoms with Gasteiger partial charge in [0.2, 0.25) is 0 Å². The third kappa shape index (κ3) is 3.64. The second-order valence-corrected chi connectivity index (χ2v) is 5.21. The Labute approximate surface area is 139 Å². The molecule has 0 atom stereocenters. The van der Waals surface area contributed by atoms with Gasteiger partial charge in [0.25, 0.3) is 5.91 Å². The molecule has 0 saturated heterocycles. The van der Waals surface area contributed by atoms with Crippen LogP contribution in [0.3, 0.4) is 0 Å². The van der Waals surface area contributed by atoms with Gasteiger partial charge >= 0.3 is 0 Å². The van der Waals surface area contributed by atoms with Gasteiger partial charge in [0, 0.05) is 31.0 Å². The molecule has 0 unspecified atom stereocenters. The lowest BCUT2D eigenvalue weighted by molar-refractivity contribution is 0.0707. The van der Waals surface area contributed by atoms with E-state index < -0.39 is 0 Å². The Morgan fingerprint density at radius 1 is 1.17 bits per heavy atom. The Bertz CT molecular complexity index is 773. The highest BCUT2D eigenvalue weighted by atomic mass is 16.3. The monoisotopic (exact) mass is 323 g/mol. The molecule has 3 aromatic rings. The fraction of sp³-hybridized carbons (Fsp3) is 0.176. The largest absolute Gasteiger partial charge is 0.395 e. The quantitative estimate of drug-likeness (QED) is 0.739. The lowest BCUT2D eigenvalue weighted by Crippen LogP contribution is -2.33. The van der Waals surface area contributed by atoms with Gasteiger partial charge in [0.05, 0.1) is 24.7 Å². The van der Waals surface area contributed by atoms with Gasteiger partial charge in [-0.05, 0) is 35.9 Å². The molecule has 0 aliphatic rings. The van der Waals surface area contributed by atoms with Crippen molar-refractivity contribution in [2.75, 3.05) is 13.2 Å². The van der Waals surface area contributed by atoms with E-state index in [0.717, 1.165) is 11.3 Å². The lowest BCUT2D eigenvalue weighted by atomic mass is 10.1. The molecule has 0 spiro atoms. The van der Waals surface area contributed by atoms with Crippen LogP contribution in [0.15, 0.2) is 61.2 Å². The normalized spacial score (nSPS) is 10.5. The molecule has 24 heavy (non-hydrogen) atoms. The van der Waals surface area contributed by atoms with Gasteiger partial charge in [-0.1, -0.05) is 11.3 Å². The fourth-order valence-corrected chi connectivity index (χ4v) is 2.37. The first-order chi connectivity index (χ1) is 11.8. The molecule has 1 N–H and O–H groups in total. The van der Waals surface area contributed by atoms with Gasteiger partial charge in [-0.3, -0.25) is 9.78 Å². The Morgan fingerprint density at radius 2 is 2.00 bits per heavy atom. The summed E-state index contributed by atoms with van der Waals surface area (Å²) in [6.45, 7) is 0.569. The van der Waals surface area contributed by atoms with Crippen LogP contribution in [0.4, 0.5) is 0 Å². The minimum Gasteiger partial charge on any atom is -0.395 e. The first kappa shape index (κ1) is 15.8.